The molecule has 0 aliphatic carbocycles. The van der Waals surface area contributed by atoms with Crippen LogP contribution in [-0.2, 0) is 13.0 Å². The molecule has 0 spiro atoms. The smallest absolute Gasteiger partial charge is 0.265 e. The molecule has 1 heterocycles. The number of thiophene rings is 1. The lowest BCUT2D eigenvalue weighted by Gasteiger charge is -2.06. The van der Waals surface area contributed by atoms with Gasteiger partial charge < -0.3 is 10.1 Å². The van der Waals surface area contributed by atoms with Crippen LogP contribution < -0.4 is 10.1 Å². The molecule has 0 atom stereocenters. The number of anilines is 1. The van der Waals surface area contributed by atoms with Gasteiger partial charge in [0.25, 0.3) is 5.91 Å². The summed E-state index contributed by atoms with van der Waals surface area (Å²) in [6, 6.07) is 24.1. The van der Waals surface area contributed by atoms with E-state index in [9.17, 15) is 4.79 Å². The Morgan fingerprint density at radius 3 is 2.50 bits per heavy atom. The minimum atomic E-state index is -0.0915. The number of benzene rings is 3. The molecule has 4 heteroatoms. The van der Waals surface area contributed by atoms with E-state index in [2.05, 4.69) is 30.4 Å². The lowest BCUT2D eigenvalue weighted by Crippen LogP contribution is -2.10. The lowest BCUT2D eigenvalue weighted by atomic mass is 10.1. The number of fused-ring (bicyclic) bond motifs is 1. The van der Waals surface area contributed by atoms with Gasteiger partial charge in [-0.15, -0.1) is 11.3 Å². The van der Waals surface area contributed by atoms with Crippen LogP contribution in [0.2, 0.25) is 0 Å². The maximum atomic E-state index is 12.5. The highest BCUT2D eigenvalue weighted by atomic mass is 32.1. The zero-order chi connectivity index (χ0) is 19.3. The first-order chi connectivity index (χ1) is 13.7. The first-order valence-corrected chi connectivity index (χ1v) is 10.2. The summed E-state index contributed by atoms with van der Waals surface area (Å²) in [5.74, 6) is 0.734. The molecule has 1 N–H and O–H groups in total. The van der Waals surface area contributed by atoms with Crippen molar-refractivity contribution in [3.63, 3.8) is 0 Å². The Morgan fingerprint density at radius 2 is 1.71 bits per heavy atom. The van der Waals surface area contributed by atoms with Crippen molar-refractivity contribution in [3.8, 4) is 5.75 Å². The first kappa shape index (κ1) is 18.3. The van der Waals surface area contributed by atoms with Crippen molar-refractivity contribution in [2.75, 3.05) is 5.32 Å². The second kappa shape index (κ2) is 8.28. The fraction of sp³-hybridized carbons (Fsp3) is 0.125. The van der Waals surface area contributed by atoms with E-state index in [4.69, 9.17) is 4.74 Å². The summed E-state index contributed by atoms with van der Waals surface area (Å²) >= 11 is 1.43. The molecule has 1 aromatic heterocycles. The molecule has 0 aliphatic rings. The molecule has 28 heavy (non-hydrogen) atoms. The molecule has 0 saturated heterocycles. The van der Waals surface area contributed by atoms with E-state index < -0.39 is 0 Å². The topological polar surface area (TPSA) is 38.3 Å². The number of aryl methyl sites for hydroxylation is 1. The van der Waals surface area contributed by atoms with E-state index in [1.807, 2.05) is 60.0 Å². The van der Waals surface area contributed by atoms with E-state index in [-0.39, 0.29) is 5.91 Å². The van der Waals surface area contributed by atoms with E-state index >= 15 is 0 Å². The van der Waals surface area contributed by atoms with Gasteiger partial charge in [0.1, 0.15) is 12.4 Å². The van der Waals surface area contributed by atoms with Crippen LogP contribution in [0.5, 0.6) is 5.75 Å². The van der Waals surface area contributed by atoms with Crippen molar-refractivity contribution in [1.82, 2.24) is 0 Å². The molecule has 4 aromatic rings. The molecule has 3 nitrogen and oxygen atoms in total. The van der Waals surface area contributed by atoms with Crippen molar-refractivity contribution in [1.29, 1.82) is 0 Å². The molecule has 0 bridgehead atoms. The maximum Gasteiger partial charge on any atom is 0.265 e. The zero-order valence-electron chi connectivity index (χ0n) is 15.6. The zero-order valence-corrected chi connectivity index (χ0v) is 16.5. The van der Waals surface area contributed by atoms with E-state index in [0.29, 0.717) is 11.5 Å². The Bertz CT molecular complexity index is 1100. The average molecular weight is 388 g/mol. The van der Waals surface area contributed by atoms with Gasteiger partial charge in [-0.1, -0.05) is 49.4 Å². The predicted molar refractivity (Wildman–Crippen MR) is 116 cm³/mol. The van der Waals surface area contributed by atoms with Crippen molar-refractivity contribution in [2.45, 2.75) is 20.0 Å². The molecule has 4 rings (SSSR count). The largest absolute Gasteiger partial charge is 0.489 e. The number of hydrogen-bond acceptors (Lipinski definition) is 3. The van der Waals surface area contributed by atoms with Gasteiger partial charge in [-0.2, -0.15) is 0 Å². The Labute approximate surface area is 168 Å². The van der Waals surface area contributed by atoms with Gasteiger partial charge in [-0.25, -0.2) is 0 Å². The monoisotopic (exact) mass is 387 g/mol. The first-order valence-electron chi connectivity index (χ1n) is 9.30. The third kappa shape index (κ3) is 4.24. The van der Waals surface area contributed by atoms with Gasteiger partial charge in [0.05, 0.1) is 4.88 Å². The molecule has 0 unspecified atom stereocenters. The molecule has 0 radical (unpaired) electrons. The molecular formula is C24H21NO2S. The highest BCUT2D eigenvalue weighted by Crippen LogP contribution is 2.23. The Hall–Kier alpha value is -3.11. The highest BCUT2D eigenvalue weighted by Gasteiger charge is 2.10. The van der Waals surface area contributed by atoms with Crippen LogP contribution in [0, 0.1) is 0 Å². The Morgan fingerprint density at radius 1 is 0.929 bits per heavy atom. The minimum Gasteiger partial charge on any atom is -0.489 e. The number of ether oxygens (including phenoxy) is 1. The van der Waals surface area contributed by atoms with Crippen molar-refractivity contribution >= 4 is 33.7 Å². The summed E-state index contributed by atoms with van der Waals surface area (Å²) in [4.78, 5) is 13.1. The second-order valence-electron chi connectivity index (χ2n) is 6.62. The van der Waals surface area contributed by atoms with E-state index in [1.165, 1.54) is 22.3 Å². The van der Waals surface area contributed by atoms with Crippen LogP contribution in [0.3, 0.4) is 0 Å². The van der Waals surface area contributed by atoms with Crippen LogP contribution >= 0.6 is 11.3 Å². The average Bonchev–Trinajstić information content (AvgIpc) is 3.22. The number of rotatable bonds is 6. The normalized spacial score (nSPS) is 10.8. The molecule has 0 saturated carbocycles. The number of hydrogen-bond donors (Lipinski definition) is 1. The fourth-order valence-corrected chi connectivity index (χ4v) is 3.80. The second-order valence-corrected chi connectivity index (χ2v) is 7.53. The standard InChI is InChI=1S/C24H21NO2S/c1-2-17-7-10-21(11-8-17)25-24(26)23-13-18(16-28-23)15-27-22-12-9-19-5-3-4-6-20(19)14-22/h3-14,16H,2,15H2,1H3,(H,25,26). The van der Waals surface area contributed by atoms with E-state index in [1.54, 1.807) is 0 Å². The Balaban J connectivity index is 1.38. The maximum absolute atomic E-state index is 12.5. The molecule has 140 valence electrons. The van der Waals surface area contributed by atoms with Gasteiger partial charge in [0.2, 0.25) is 0 Å². The van der Waals surface area contributed by atoms with Crippen LogP contribution in [0.15, 0.2) is 78.2 Å². The number of amides is 1. The number of nitrogens with one attached hydrogen (secondary N) is 1. The SMILES string of the molecule is CCc1ccc(NC(=O)c2cc(COc3ccc4ccccc4c3)cs2)cc1. The molecule has 0 aliphatic heterocycles. The van der Waals surface area contributed by atoms with Gasteiger partial charge >= 0.3 is 0 Å². The molecule has 3 aromatic carbocycles. The summed E-state index contributed by atoms with van der Waals surface area (Å²) in [6.45, 7) is 2.55. The summed E-state index contributed by atoms with van der Waals surface area (Å²) in [5.41, 5.74) is 3.05. The number of carbonyl (C=O) groups is 1. The molecule has 0 fully saturated rings. The summed E-state index contributed by atoms with van der Waals surface area (Å²) in [7, 11) is 0. The van der Waals surface area contributed by atoms with Gasteiger partial charge in [-0.05, 0) is 58.5 Å². The van der Waals surface area contributed by atoms with Gasteiger partial charge in [0.15, 0.2) is 0 Å². The summed E-state index contributed by atoms with van der Waals surface area (Å²) < 4.78 is 5.91. The van der Waals surface area contributed by atoms with Crippen LogP contribution in [-0.4, -0.2) is 5.91 Å². The third-order valence-electron chi connectivity index (χ3n) is 4.62. The van der Waals surface area contributed by atoms with Crippen molar-refractivity contribution in [2.24, 2.45) is 0 Å². The van der Waals surface area contributed by atoms with Gasteiger partial charge in [-0.3, -0.25) is 4.79 Å². The summed E-state index contributed by atoms with van der Waals surface area (Å²) in [5, 5.41) is 7.26. The van der Waals surface area contributed by atoms with Crippen LogP contribution in [0.1, 0.15) is 27.7 Å². The lowest BCUT2D eigenvalue weighted by molar-refractivity contribution is 0.103. The highest BCUT2D eigenvalue weighted by molar-refractivity contribution is 7.12. The van der Waals surface area contributed by atoms with E-state index in [0.717, 1.165) is 28.8 Å². The molecule has 1 amide bonds. The molecular weight excluding hydrogens is 366 g/mol. The third-order valence-corrected chi connectivity index (χ3v) is 5.60. The summed E-state index contributed by atoms with van der Waals surface area (Å²) in [6.07, 6.45) is 0.986. The Kier molecular flexibility index (Phi) is 5.40. The fourth-order valence-electron chi connectivity index (χ4n) is 3.01. The quantitative estimate of drug-likeness (QED) is 0.422. The predicted octanol–water partition coefficient (Wildman–Crippen LogP) is 6.30. The van der Waals surface area contributed by atoms with Gasteiger partial charge in [0, 0.05) is 11.3 Å². The van der Waals surface area contributed by atoms with Crippen molar-refractivity contribution in [3.05, 3.63) is 94.2 Å². The number of carbonyl (C=O) groups excluding carboxylic acids is 1. The van der Waals surface area contributed by atoms with Crippen LogP contribution in [0.25, 0.3) is 10.8 Å². The minimum absolute atomic E-state index is 0.0915. The van der Waals surface area contributed by atoms with Crippen molar-refractivity contribution < 1.29 is 9.53 Å². The van der Waals surface area contributed by atoms with Crippen LogP contribution in [0.4, 0.5) is 5.69 Å².